The number of rotatable bonds is 6. The van der Waals surface area contributed by atoms with E-state index in [1.54, 1.807) is 0 Å². The Morgan fingerprint density at radius 2 is 1.93 bits per heavy atom. The van der Waals surface area contributed by atoms with Gasteiger partial charge in [0.25, 0.3) is 0 Å². The number of carbonyl (C=O) groups is 2. The maximum atomic E-state index is 12.6. The second-order valence-electron chi connectivity index (χ2n) is 7.55. The number of piperidine rings is 1. The summed E-state index contributed by atoms with van der Waals surface area (Å²) in [6, 6.07) is 17.7. The number of likely N-dealkylation sites (tertiary alicyclic amines) is 1. The topological polar surface area (TPSA) is 61.4 Å². The van der Waals surface area contributed by atoms with Crippen LogP contribution in [-0.4, -0.2) is 29.9 Å². The average Bonchev–Trinajstić information content (AvgIpc) is 2.72. The molecular weight excluding hydrogens is 350 g/mol. The van der Waals surface area contributed by atoms with Gasteiger partial charge >= 0.3 is 6.03 Å². The van der Waals surface area contributed by atoms with Gasteiger partial charge < -0.3 is 15.5 Å². The van der Waals surface area contributed by atoms with E-state index in [0.29, 0.717) is 25.4 Å². The van der Waals surface area contributed by atoms with Gasteiger partial charge in [-0.1, -0.05) is 42.5 Å². The lowest BCUT2D eigenvalue weighted by molar-refractivity contribution is -0.121. The van der Waals surface area contributed by atoms with Crippen LogP contribution in [0.5, 0.6) is 0 Å². The summed E-state index contributed by atoms with van der Waals surface area (Å²) in [5.74, 6) is 0.449. The lowest BCUT2D eigenvalue weighted by atomic mass is 9.93. The first-order valence-electron chi connectivity index (χ1n) is 10.0. The van der Waals surface area contributed by atoms with Gasteiger partial charge in [-0.3, -0.25) is 4.79 Å². The van der Waals surface area contributed by atoms with Gasteiger partial charge in [0.15, 0.2) is 0 Å². The molecule has 0 radical (unpaired) electrons. The maximum Gasteiger partial charge on any atom is 0.321 e. The number of hydrogen-bond donors (Lipinski definition) is 2. The second kappa shape index (κ2) is 9.93. The molecule has 0 aromatic heterocycles. The van der Waals surface area contributed by atoms with Crippen molar-refractivity contribution in [1.29, 1.82) is 0 Å². The number of aryl methyl sites for hydroxylation is 1. The first kappa shape index (κ1) is 19.9. The van der Waals surface area contributed by atoms with Crippen LogP contribution in [0.15, 0.2) is 54.6 Å². The molecule has 0 spiro atoms. The van der Waals surface area contributed by atoms with E-state index in [2.05, 4.69) is 10.6 Å². The molecule has 1 aliphatic rings. The van der Waals surface area contributed by atoms with Crippen LogP contribution >= 0.6 is 0 Å². The van der Waals surface area contributed by atoms with E-state index < -0.39 is 0 Å². The molecule has 0 bridgehead atoms. The average molecular weight is 380 g/mol. The molecular formula is C23H29N3O2. The van der Waals surface area contributed by atoms with Crippen LogP contribution in [0.4, 0.5) is 10.5 Å². The predicted octanol–water partition coefficient (Wildman–Crippen LogP) is 4.34. The van der Waals surface area contributed by atoms with E-state index in [1.165, 1.54) is 0 Å². The molecule has 1 saturated heterocycles. The minimum absolute atomic E-state index is 0.0520. The molecule has 5 heteroatoms. The van der Waals surface area contributed by atoms with E-state index in [9.17, 15) is 9.59 Å². The molecule has 28 heavy (non-hydrogen) atoms. The van der Waals surface area contributed by atoms with Crippen molar-refractivity contribution in [1.82, 2.24) is 10.2 Å². The van der Waals surface area contributed by atoms with Crippen LogP contribution in [0.25, 0.3) is 0 Å². The third-order valence-corrected chi connectivity index (χ3v) is 5.19. The molecule has 5 nitrogen and oxygen atoms in total. The van der Waals surface area contributed by atoms with Gasteiger partial charge in [0.1, 0.15) is 0 Å². The zero-order valence-electron chi connectivity index (χ0n) is 16.5. The van der Waals surface area contributed by atoms with Crippen molar-refractivity contribution in [2.75, 3.05) is 18.4 Å². The van der Waals surface area contributed by atoms with E-state index >= 15 is 0 Å². The Morgan fingerprint density at radius 1 is 1.11 bits per heavy atom. The summed E-state index contributed by atoms with van der Waals surface area (Å²) in [7, 11) is 0. The van der Waals surface area contributed by atoms with Gasteiger partial charge in [-0.15, -0.1) is 0 Å². The van der Waals surface area contributed by atoms with Crippen molar-refractivity contribution in [3.05, 3.63) is 65.7 Å². The number of nitrogens with one attached hydrogen (secondary N) is 2. The Hall–Kier alpha value is -2.82. The molecule has 3 rings (SSSR count). The molecule has 1 fully saturated rings. The second-order valence-corrected chi connectivity index (χ2v) is 7.55. The zero-order valence-corrected chi connectivity index (χ0v) is 16.5. The van der Waals surface area contributed by atoms with Gasteiger partial charge in [0.2, 0.25) is 5.91 Å². The van der Waals surface area contributed by atoms with E-state index in [4.69, 9.17) is 0 Å². The molecule has 2 N–H and O–H groups in total. The lowest BCUT2D eigenvalue weighted by Gasteiger charge is -2.32. The van der Waals surface area contributed by atoms with Crippen molar-refractivity contribution in [3.8, 4) is 0 Å². The fourth-order valence-corrected chi connectivity index (χ4v) is 3.63. The van der Waals surface area contributed by atoms with Crippen molar-refractivity contribution in [2.45, 2.75) is 39.2 Å². The molecule has 0 aliphatic carbocycles. The largest absolute Gasteiger partial charge is 0.352 e. The van der Waals surface area contributed by atoms with Crippen LogP contribution in [0.1, 0.15) is 36.8 Å². The van der Waals surface area contributed by atoms with Gasteiger partial charge in [-0.25, -0.2) is 4.79 Å². The molecule has 3 amide bonds. The van der Waals surface area contributed by atoms with Crippen molar-refractivity contribution in [3.63, 3.8) is 0 Å². The highest BCUT2D eigenvalue weighted by atomic mass is 16.2. The Labute approximate surface area is 167 Å². The van der Waals surface area contributed by atoms with Gasteiger partial charge in [0, 0.05) is 31.7 Å². The van der Waals surface area contributed by atoms with Crippen molar-refractivity contribution in [2.24, 2.45) is 5.92 Å². The molecule has 1 unspecified atom stereocenters. The summed E-state index contributed by atoms with van der Waals surface area (Å²) < 4.78 is 0. The summed E-state index contributed by atoms with van der Waals surface area (Å²) in [6.07, 6.45) is 3.37. The molecule has 2 aromatic carbocycles. The van der Waals surface area contributed by atoms with Crippen LogP contribution in [-0.2, 0) is 11.3 Å². The summed E-state index contributed by atoms with van der Waals surface area (Å²) in [5, 5.41) is 5.96. The minimum atomic E-state index is -0.0520. The van der Waals surface area contributed by atoms with Gasteiger partial charge in [0.05, 0.1) is 0 Å². The number of anilines is 1. The Morgan fingerprint density at radius 3 is 2.71 bits per heavy atom. The van der Waals surface area contributed by atoms with E-state index in [0.717, 1.165) is 42.6 Å². The highest BCUT2D eigenvalue weighted by molar-refractivity contribution is 5.89. The molecule has 1 atom stereocenters. The van der Waals surface area contributed by atoms with Gasteiger partial charge in [-0.05, 0) is 55.4 Å². The monoisotopic (exact) mass is 379 g/mol. The Balaban J connectivity index is 1.41. The predicted molar refractivity (Wildman–Crippen MR) is 112 cm³/mol. The van der Waals surface area contributed by atoms with Crippen LogP contribution < -0.4 is 10.6 Å². The third kappa shape index (κ3) is 6.12. The number of amides is 3. The Bertz CT molecular complexity index is 791. The lowest BCUT2D eigenvalue weighted by Crippen LogP contribution is -2.42. The van der Waals surface area contributed by atoms with Crippen LogP contribution in [0.3, 0.4) is 0 Å². The normalized spacial score (nSPS) is 16.5. The highest BCUT2D eigenvalue weighted by Gasteiger charge is 2.24. The maximum absolute atomic E-state index is 12.6. The molecule has 0 saturated carbocycles. The van der Waals surface area contributed by atoms with Crippen LogP contribution in [0.2, 0.25) is 0 Å². The zero-order chi connectivity index (χ0) is 19.8. The quantitative estimate of drug-likeness (QED) is 0.784. The van der Waals surface area contributed by atoms with Crippen LogP contribution in [0, 0.1) is 12.8 Å². The fourth-order valence-electron chi connectivity index (χ4n) is 3.63. The number of hydrogen-bond acceptors (Lipinski definition) is 2. The standard InChI is InChI=1S/C23H29N3O2/c1-18-7-5-11-21(15-18)25-23(28)26-14-6-10-20(17-26)12-13-22(27)24-16-19-8-3-2-4-9-19/h2-5,7-9,11,15,20H,6,10,12-14,16-17H2,1H3,(H,24,27)(H,25,28). The number of benzene rings is 2. The third-order valence-electron chi connectivity index (χ3n) is 5.19. The summed E-state index contributed by atoms with van der Waals surface area (Å²) in [5.41, 5.74) is 3.05. The van der Waals surface area contributed by atoms with E-state index in [1.807, 2.05) is 66.4 Å². The Kier molecular flexibility index (Phi) is 7.06. The van der Waals surface area contributed by atoms with Gasteiger partial charge in [-0.2, -0.15) is 0 Å². The number of carbonyl (C=O) groups excluding carboxylic acids is 2. The van der Waals surface area contributed by atoms with Crippen molar-refractivity contribution < 1.29 is 9.59 Å². The summed E-state index contributed by atoms with van der Waals surface area (Å²) in [6.45, 7) is 4.06. The summed E-state index contributed by atoms with van der Waals surface area (Å²) >= 11 is 0. The van der Waals surface area contributed by atoms with E-state index in [-0.39, 0.29) is 11.9 Å². The first-order chi connectivity index (χ1) is 13.6. The number of nitrogens with zero attached hydrogens (tertiary/aromatic N) is 1. The van der Waals surface area contributed by atoms with Crippen molar-refractivity contribution >= 4 is 17.6 Å². The molecule has 2 aromatic rings. The summed E-state index contributed by atoms with van der Waals surface area (Å²) in [4.78, 5) is 26.6. The minimum Gasteiger partial charge on any atom is -0.352 e. The molecule has 148 valence electrons. The molecule has 1 aliphatic heterocycles. The smallest absolute Gasteiger partial charge is 0.321 e. The molecule has 1 heterocycles. The first-order valence-corrected chi connectivity index (χ1v) is 10.0. The fraction of sp³-hybridized carbons (Fsp3) is 0.391. The SMILES string of the molecule is Cc1cccc(NC(=O)N2CCCC(CCC(=O)NCc3ccccc3)C2)c1. The highest BCUT2D eigenvalue weighted by Crippen LogP contribution is 2.22. The number of urea groups is 1.